The molecule has 1 amide bonds. The summed E-state index contributed by atoms with van der Waals surface area (Å²) in [6.45, 7) is 5.17. The zero-order chi connectivity index (χ0) is 17.7. The first-order valence-corrected chi connectivity index (χ1v) is 8.29. The fraction of sp³-hybridized carbons (Fsp3) is 0.353. The number of pyridine rings is 1. The minimum atomic E-state index is -1.10. The number of hydrogen-bond donors (Lipinski definition) is 2. The van der Waals surface area contributed by atoms with Crippen molar-refractivity contribution >= 4 is 23.4 Å². The fourth-order valence-corrected chi connectivity index (χ4v) is 3.01. The Kier molecular flexibility index (Phi) is 5.56. The van der Waals surface area contributed by atoms with Crippen molar-refractivity contribution < 1.29 is 19.4 Å². The third-order valence-corrected chi connectivity index (χ3v) is 4.10. The van der Waals surface area contributed by atoms with Crippen molar-refractivity contribution in [1.29, 1.82) is 0 Å². The Morgan fingerprint density at radius 2 is 2.04 bits per heavy atom. The Morgan fingerprint density at radius 3 is 2.62 bits per heavy atom. The van der Waals surface area contributed by atoms with Crippen LogP contribution in [0.1, 0.15) is 25.6 Å². The van der Waals surface area contributed by atoms with E-state index in [1.807, 2.05) is 30.3 Å². The number of hydrogen-bond acceptors (Lipinski definition) is 5. The number of carboxylic acid groups (broad SMARTS) is 1. The van der Waals surface area contributed by atoms with Crippen LogP contribution in [0.4, 0.5) is 4.79 Å². The van der Waals surface area contributed by atoms with Crippen molar-refractivity contribution in [2.45, 2.75) is 38.8 Å². The van der Waals surface area contributed by atoms with Crippen LogP contribution in [0.3, 0.4) is 0 Å². The van der Waals surface area contributed by atoms with Crippen molar-refractivity contribution in [2.75, 3.05) is 0 Å². The summed E-state index contributed by atoms with van der Waals surface area (Å²) in [4.78, 5) is 29.3. The van der Waals surface area contributed by atoms with E-state index in [9.17, 15) is 14.7 Å². The maximum absolute atomic E-state index is 11.8. The maximum Gasteiger partial charge on any atom is 0.408 e. The molecule has 2 aromatic heterocycles. The Bertz CT molecular complexity index is 707. The van der Waals surface area contributed by atoms with E-state index in [4.69, 9.17) is 4.74 Å². The summed E-state index contributed by atoms with van der Waals surface area (Å²) in [7, 11) is 0. The molecule has 0 aliphatic carbocycles. The third kappa shape index (κ3) is 5.34. The summed E-state index contributed by atoms with van der Waals surface area (Å²) in [6, 6.07) is 8.32. The highest BCUT2D eigenvalue weighted by atomic mass is 32.1. The molecule has 2 N–H and O–H groups in total. The Labute approximate surface area is 144 Å². The second-order valence-electron chi connectivity index (χ2n) is 6.22. The van der Waals surface area contributed by atoms with Gasteiger partial charge in [0.15, 0.2) is 0 Å². The van der Waals surface area contributed by atoms with E-state index in [-0.39, 0.29) is 6.42 Å². The highest BCUT2D eigenvalue weighted by Gasteiger charge is 2.24. The number of aliphatic carboxylic acids is 1. The summed E-state index contributed by atoms with van der Waals surface area (Å²) < 4.78 is 5.11. The van der Waals surface area contributed by atoms with Crippen LogP contribution in [0, 0.1) is 0 Å². The quantitative estimate of drug-likeness (QED) is 0.865. The molecule has 0 saturated heterocycles. The lowest BCUT2D eigenvalue weighted by Gasteiger charge is -2.21. The molecule has 2 heterocycles. The minimum Gasteiger partial charge on any atom is -0.480 e. The molecule has 2 aromatic rings. The Hall–Kier alpha value is -2.41. The average Bonchev–Trinajstić information content (AvgIpc) is 2.94. The molecule has 24 heavy (non-hydrogen) atoms. The fourth-order valence-electron chi connectivity index (χ4n) is 1.98. The number of nitrogens with one attached hydrogen (secondary N) is 1. The van der Waals surface area contributed by atoms with Gasteiger partial charge in [-0.3, -0.25) is 4.98 Å². The van der Waals surface area contributed by atoms with E-state index < -0.39 is 23.7 Å². The van der Waals surface area contributed by atoms with Gasteiger partial charge in [0.25, 0.3) is 0 Å². The normalized spacial score (nSPS) is 12.5. The minimum absolute atomic E-state index is 0.187. The standard InChI is InChI=1S/C17H20N2O4S/c1-17(2,3)23-16(22)19-13(15(20)21)10-11-7-8-14(24-11)12-6-4-5-9-18-12/h4-9,13H,10H2,1-3H3,(H,19,22)(H,20,21). The molecule has 1 atom stereocenters. The SMILES string of the molecule is CC(C)(C)OC(=O)NC(Cc1ccc(-c2ccccn2)s1)C(=O)O. The number of thiophene rings is 1. The number of aromatic nitrogens is 1. The average molecular weight is 348 g/mol. The summed E-state index contributed by atoms with van der Waals surface area (Å²) in [5.41, 5.74) is 0.156. The molecule has 128 valence electrons. The van der Waals surface area contributed by atoms with E-state index in [0.717, 1.165) is 15.4 Å². The van der Waals surface area contributed by atoms with Gasteiger partial charge in [-0.25, -0.2) is 9.59 Å². The summed E-state index contributed by atoms with van der Waals surface area (Å²) in [6.07, 6.45) is 1.15. The van der Waals surface area contributed by atoms with Crippen LogP contribution in [0.15, 0.2) is 36.5 Å². The van der Waals surface area contributed by atoms with E-state index in [2.05, 4.69) is 10.3 Å². The summed E-state index contributed by atoms with van der Waals surface area (Å²) in [5, 5.41) is 11.7. The molecule has 0 aliphatic rings. The zero-order valence-corrected chi connectivity index (χ0v) is 14.6. The number of carbonyl (C=O) groups excluding carboxylic acids is 1. The van der Waals surface area contributed by atoms with Crippen LogP contribution in [-0.2, 0) is 16.0 Å². The smallest absolute Gasteiger partial charge is 0.408 e. The van der Waals surface area contributed by atoms with E-state index >= 15 is 0 Å². The molecule has 0 radical (unpaired) electrons. The summed E-state index contributed by atoms with van der Waals surface area (Å²) >= 11 is 1.45. The third-order valence-electron chi connectivity index (χ3n) is 2.97. The van der Waals surface area contributed by atoms with Gasteiger partial charge in [-0.1, -0.05) is 6.07 Å². The molecule has 0 fully saturated rings. The zero-order valence-electron chi connectivity index (χ0n) is 13.8. The van der Waals surface area contributed by atoms with E-state index in [1.54, 1.807) is 27.0 Å². The van der Waals surface area contributed by atoms with Gasteiger partial charge in [0.1, 0.15) is 11.6 Å². The van der Waals surface area contributed by atoms with Gasteiger partial charge in [-0.15, -0.1) is 11.3 Å². The monoisotopic (exact) mass is 348 g/mol. The first kappa shape index (κ1) is 17.9. The second-order valence-corrected chi connectivity index (χ2v) is 7.39. The van der Waals surface area contributed by atoms with Gasteiger partial charge in [-0.05, 0) is 45.0 Å². The molecule has 2 rings (SSSR count). The van der Waals surface area contributed by atoms with Crippen LogP contribution < -0.4 is 5.32 Å². The van der Waals surface area contributed by atoms with E-state index in [0.29, 0.717) is 0 Å². The number of amides is 1. The first-order chi connectivity index (χ1) is 11.2. The topological polar surface area (TPSA) is 88.5 Å². The largest absolute Gasteiger partial charge is 0.480 e. The lowest BCUT2D eigenvalue weighted by Crippen LogP contribution is -2.44. The van der Waals surface area contributed by atoms with Crippen molar-refractivity contribution in [3.05, 3.63) is 41.4 Å². The van der Waals surface area contributed by atoms with Crippen molar-refractivity contribution in [2.24, 2.45) is 0 Å². The van der Waals surface area contributed by atoms with Crippen LogP contribution >= 0.6 is 11.3 Å². The molecule has 0 aliphatic heterocycles. The van der Waals surface area contributed by atoms with Crippen LogP contribution in [0.25, 0.3) is 10.6 Å². The van der Waals surface area contributed by atoms with Crippen LogP contribution in [0.2, 0.25) is 0 Å². The molecule has 6 nitrogen and oxygen atoms in total. The first-order valence-electron chi connectivity index (χ1n) is 7.47. The molecule has 0 spiro atoms. The van der Waals surface area contributed by atoms with Gasteiger partial charge in [0.2, 0.25) is 0 Å². The molecular formula is C17H20N2O4S. The van der Waals surface area contributed by atoms with Crippen LogP contribution in [0.5, 0.6) is 0 Å². The highest BCUT2D eigenvalue weighted by molar-refractivity contribution is 7.15. The lowest BCUT2D eigenvalue weighted by molar-refractivity contribution is -0.139. The lowest BCUT2D eigenvalue weighted by atomic mass is 10.2. The summed E-state index contributed by atoms with van der Waals surface area (Å²) in [5.74, 6) is -1.10. The van der Waals surface area contributed by atoms with Gasteiger partial charge >= 0.3 is 12.1 Å². The molecular weight excluding hydrogens is 328 g/mol. The number of nitrogens with zero attached hydrogens (tertiary/aromatic N) is 1. The number of rotatable bonds is 5. The predicted octanol–water partition coefficient (Wildman–Crippen LogP) is 3.33. The molecule has 0 bridgehead atoms. The van der Waals surface area contributed by atoms with Crippen LogP contribution in [-0.4, -0.2) is 33.8 Å². The van der Waals surface area contributed by atoms with Crippen molar-refractivity contribution in [3.8, 4) is 10.6 Å². The number of carboxylic acids is 1. The van der Waals surface area contributed by atoms with Gasteiger partial charge in [0, 0.05) is 17.5 Å². The Morgan fingerprint density at radius 1 is 1.29 bits per heavy atom. The van der Waals surface area contributed by atoms with Gasteiger partial charge in [-0.2, -0.15) is 0 Å². The maximum atomic E-state index is 11.8. The molecule has 0 saturated carbocycles. The van der Waals surface area contributed by atoms with Crippen molar-refractivity contribution in [1.82, 2.24) is 10.3 Å². The van der Waals surface area contributed by atoms with Crippen molar-refractivity contribution in [3.63, 3.8) is 0 Å². The number of carbonyl (C=O) groups is 2. The molecule has 0 aromatic carbocycles. The second kappa shape index (κ2) is 7.44. The highest BCUT2D eigenvalue weighted by Crippen LogP contribution is 2.27. The van der Waals surface area contributed by atoms with Gasteiger partial charge in [0.05, 0.1) is 10.6 Å². The Balaban J connectivity index is 2.05. The molecule has 1 unspecified atom stereocenters. The van der Waals surface area contributed by atoms with E-state index in [1.165, 1.54) is 11.3 Å². The number of alkyl carbamates (subject to hydrolysis) is 1. The van der Waals surface area contributed by atoms with Gasteiger partial charge < -0.3 is 15.2 Å². The number of ether oxygens (including phenoxy) is 1. The predicted molar refractivity (Wildman–Crippen MR) is 92.0 cm³/mol. The molecule has 7 heteroatoms.